The maximum absolute atomic E-state index is 11.1. The maximum Gasteiger partial charge on any atom is 0.242 e. The minimum absolute atomic E-state index is 0.374. The molecule has 1 amide bonds. The fourth-order valence-electron chi connectivity index (χ4n) is 1.55. The lowest BCUT2D eigenvalue weighted by atomic mass is 10.2. The van der Waals surface area contributed by atoms with Crippen molar-refractivity contribution >= 4 is 5.91 Å². The number of aryl methyl sites for hydroxylation is 1. The van der Waals surface area contributed by atoms with Crippen LogP contribution >= 0.6 is 0 Å². The van der Waals surface area contributed by atoms with Crippen molar-refractivity contribution in [2.24, 2.45) is 11.5 Å². The summed E-state index contributed by atoms with van der Waals surface area (Å²) in [5, 5.41) is 7.93. The number of unbranched alkanes of at least 4 members (excludes halogenated alkanes) is 1. The molecule has 1 aromatic heterocycles. The highest BCUT2D eigenvalue weighted by atomic mass is 16.1. The molecule has 0 radical (unpaired) electrons. The van der Waals surface area contributed by atoms with Crippen LogP contribution in [0.3, 0.4) is 0 Å². The van der Waals surface area contributed by atoms with Crippen LogP contribution in [0.15, 0.2) is 6.20 Å². The van der Waals surface area contributed by atoms with Gasteiger partial charge in [-0.15, -0.1) is 5.10 Å². The van der Waals surface area contributed by atoms with Crippen LogP contribution in [0.1, 0.15) is 37.9 Å². The molecule has 1 heterocycles. The highest BCUT2D eigenvalue weighted by Gasteiger charge is 2.16. The van der Waals surface area contributed by atoms with Crippen LogP contribution in [0.2, 0.25) is 0 Å². The van der Waals surface area contributed by atoms with Crippen molar-refractivity contribution in [3.05, 3.63) is 11.9 Å². The molecule has 1 atom stereocenters. The Morgan fingerprint density at radius 3 is 2.88 bits per heavy atom. The zero-order valence-electron chi connectivity index (χ0n) is 9.59. The smallest absolute Gasteiger partial charge is 0.242 e. The Bertz CT molecular complexity index is 336. The van der Waals surface area contributed by atoms with E-state index < -0.39 is 6.04 Å². The minimum Gasteiger partial charge on any atom is -0.368 e. The number of aromatic nitrogens is 3. The van der Waals surface area contributed by atoms with Crippen molar-refractivity contribution in [1.82, 2.24) is 15.0 Å². The summed E-state index contributed by atoms with van der Waals surface area (Å²) in [6.45, 7) is 2.58. The molecule has 6 nitrogen and oxygen atoms in total. The number of nitrogens with two attached hydrogens (primary N) is 2. The Morgan fingerprint density at radius 2 is 2.31 bits per heavy atom. The molecule has 90 valence electrons. The van der Waals surface area contributed by atoms with Gasteiger partial charge in [0.25, 0.3) is 0 Å². The standard InChI is InChI=1S/C10H19N5O/c1-2-9(10(12)16)15-7-8(13-14-15)5-3-4-6-11/h7,9H,2-6,11H2,1H3,(H2,12,16). The number of carbonyl (C=O) groups excluding carboxylic acids is 1. The first-order valence-electron chi connectivity index (χ1n) is 5.59. The van der Waals surface area contributed by atoms with E-state index in [1.807, 2.05) is 6.92 Å². The SMILES string of the molecule is CCC(C(N)=O)n1cc(CCCCN)nn1. The molecule has 0 bridgehead atoms. The monoisotopic (exact) mass is 225 g/mol. The van der Waals surface area contributed by atoms with Gasteiger partial charge in [-0.2, -0.15) is 0 Å². The maximum atomic E-state index is 11.1. The van der Waals surface area contributed by atoms with Crippen LogP contribution in [-0.4, -0.2) is 27.4 Å². The molecular weight excluding hydrogens is 206 g/mol. The van der Waals surface area contributed by atoms with Gasteiger partial charge in [-0.25, -0.2) is 4.68 Å². The van der Waals surface area contributed by atoms with Gasteiger partial charge in [0, 0.05) is 6.20 Å². The minimum atomic E-state index is -0.393. The second-order valence-electron chi connectivity index (χ2n) is 3.76. The molecule has 0 fully saturated rings. The average molecular weight is 225 g/mol. The lowest BCUT2D eigenvalue weighted by Crippen LogP contribution is -2.26. The van der Waals surface area contributed by atoms with Crippen LogP contribution < -0.4 is 11.5 Å². The molecule has 0 spiro atoms. The van der Waals surface area contributed by atoms with Gasteiger partial charge < -0.3 is 11.5 Å². The van der Waals surface area contributed by atoms with Crippen LogP contribution in [0.4, 0.5) is 0 Å². The fourth-order valence-corrected chi connectivity index (χ4v) is 1.55. The number of rotatable bonds is 7. The normalized spacial score (nSPS) is 12.6. The molecule has 1 aromatic rings. The molecule has 0 aliphatic carbocycles. The molecular formula is C10H19N5O. The third-order valence-electron chi connectivity index (χ3n) is 2.48. The van der Waals surface area contributed by atoms with E-state index in [9.17, 15) is 4.79 Å². The van der Waals surface area contributed by atoms with Crippen molar-refractivity contribution in [2.75, 3.05) is 6.54 Å². The number of nitrogens with zero attached hydrogens (tertiary/aromatic N) is 3. The third-order valence-corrected chi connectivity index (χ3v) is 2.48. The summed E-state index contributed by atoms with van der Waals surface area (Å²) >= 11 is 0. The average Bonchev–Trinajstić information content (AvgIpc) is 2.67. The molecule has 1 rings (SSSR count). The van der Waals surface area contributed by atoms with Gasteiger partial charge in [0.15, 0.2) is 0 Å². The predicted molar refractivity (Wildman–Crippen MR) is 60.5 cm³/mol. The van der Waals surface area contributed by atoms with Crippen LogP contribution in [0.5, 0.6) is 0 Å². The molecule has 6 heteroatoms. The summed E-state index contributed by atoms with van der Waals surface area (Å²) in [6, 6.07) is -0.393. The lowest BCUT2D eigenvalue weighted by Gasteiger charge is -2.09. The Balaban J connectivity index is 2.59. The largest absolute Gasteiger partial charge is 0.368 e. The van der Waals surface area contributed by atoms with Crippen LogP contribution in [0.25, 0.3) is 0 Å². The fraction of sp³-hybridized carbons (Fsp3) is 0.700. The van der Waals surface area contributed by atoms with Gasteiger partial charge in [-0.1, -0.05) is 12.1 Å². The molecule has 0 aliphatic heterocycles. The second kappa shape index (κ2) is 6.22. The van der Waals surface area contributed by atoms with Crippen molar-refractivity contribution in [3.63, 3.8) is 0 Å². The second-order valence-corrected chi connectivity index (χ2v) is 3.76. The van der Waals surface area contributed by atoms with Crippen molar-refractivity contribution < 1.29 is 4.79 Å². The molecule has 4 N–H and O–H groups in total. The van der Waals surface area contributed by atoms with Crippen molar-refractivity contribution in [3.8, 4) is 0 Å². The topological polar surface area (TPSA) is 99.8 Å². The molecule has 0 saturated carbocycles. The summed E-state index contributed by atoms with van der Waals surface area (Å²) in [7, 11) is 0. The lowest BCUT2D eigenvalue weighted by molar-refractivity contribution is -0.121. The molecule has 1 unspecified atom stereocenters. The van der Waals surface area contributed by atoms with E-state index in [0.717, 1.165) is 25.0 Å². The van der Waals surface area contributed by atoms with Crippen molar-refractivity contribution in [2.45, 2.75) is 38.6 Å². The van der Waals surface area contributed by atoms with Crippen LogP contribution in [0, 0.1) is 0 Å². The first-order valence-corrected chi connectivity index (χ1v) is 5.59. The van der Waals surface area contributed by atoms with Gasteiger partial charge in [0.1, 0.15) is 6.04 Å². The quantitative estimate of drug-likeness (QED) is 0.638. The number of amides is 1. The number of carbonyl (C=O) groups is 1. The molecule has 0 saturated heterocycles. The highest BCUT2D eigenvalue weighted by molar-refractivity contribution is 5.78. The highest BCUT2D eigenvalue weighted by Crippen LogP contribution is 2.10. The summed E-state index contributed by atoms with van der Waals surface area (Å²) in [6.07, 6.45) is 5.21. The first-order chi connectivity index (χ1) is 7.69. The Labute approximate surface area is 95.0 Å². The molecule has 0 aromatic carbocycles. The molecule has 0 aliphatic rings. The van der Waals surface area contributed by atoms with Crippen molar-refractivity contribution in [1.29, 1.82) is 0 Å². The molecule has 16 heavy (non-hydrogen) atoms. The van der Waals surface area contributed by atoms with E-state index in [-0.39, 0.29) is 5.91 Å². The van der Waals surface area contributed by atoms with Gasteiger partial charge in [0.2, 0.25) is 5.91 Å². The van der Waals surface area contributed by atoms with Gasteiger partial charge in [-0.3, -0.25) is 4.79 Å². The van der Waals surface area contributed by atoms with E-state index in [0.29, 0.717) is 13.0 Å². The zero-order chi connectivity index (χ0) is 12.0. The first kappa shape index (κ1) is 12.6. The van der Waals surface area contributed by atoms with Gasteiger partial charge in [-0.05, 0) is 32.2 Å². The Kier molecular flexibility index (Phi) is 4.91. The van der Waals surface area contributed by atoms with Gasteiger partial charge >= 0.3 is 0 Å². The number of primary amides is 1. The van der Waals surface area contributed by atoms with E-state index in [4.69, 9.17) is 11.5 Å². The van der Waals surface area contributed by atoms with Crippen LogP contribution in [-0.2, 0) is 11.2 Å². The summed E-state index contributed by atoms with van der Waals surface area (Å²) in [5.41, 5.74) is 11.6. The predicted octanol–water partition coefficient (Wildman–Crippen LogP) is -0.00410. The van der Waals surface area contributed by atoms with Gasteiger partial charge in [0.05, 0.1) is 5.69 Å². The van der Waals surface area contributed by atoms with E-state index in [2.05, 4.69) is 10.3 Å². The zero-order valence-corrected chi connectivity index (χ0v) is 9.59. The summed E-state index contributed by atoms with van der Waals surface area (Å²) in [5.74, 6) is -0.374. The van der Waals surface area contributed by atoms with E-state index in [1.54, 1.807) is 10.9 Å². The third kappa shape index (κ3) is 3.30. The summed E-state index contributed by atoms with van der Waals surface area (Å²) < 4.78 is 1.54. The summed E-state index contributed by atoms with van der Waals surface area (Å²) in [4.78, 5) is 11.1. The Hall–Kier alpha value is -1.43. The van der Waals surface area contributed by atoms with E-state index in [1.165, 1.54) is 0 Å². The van der Waals surface area contributed by atoms with E-state index >= 15 is 0 Å². The number of hydrogen-bond acceptors (Lipinski definition) is 4. The number of hydrogen-bond donors (Lipinski definition) is 2. The Morgan fingerprint density at radius 1 is 1.56 bits per heavy atom.